The van der Waals surface area contributed by atoms with Gasteiger partial charge in [0.1, 0.15) is 23.2 Å². The first-order chi connectivity index (χ1) is 15.7. The summed E-state index contributed by atoms with van der Waals surface area (Å²) in [6.45, 7) is 6.67. The number of fused-ring (bicyclic) bond motifs is 4. The molecule has 0 saturated carbocycles. The highest BCUT2D eigenvalue weighted by Gasteiger charge is 2.47. The van der Waals surface area contributed by atoms with Crippen LogP contribution in [-0.4, -0.2) is 57.4 Å². The number of carbonyl (C=O) groups excluding carboxylic acids is 1. The van der Waals surface area contributed by atoms with E-state index in [1.54, 1.807) is 6.92 Å². The maximum absolute atomic E-state index is 12.3. The van der Waals surface area contributed by atoms with Gasteiger partial charge in [-0.25, -0.2) is 9.78 Å². The van der Waals surface area contributed by atoms with E-state index in [0.29, 0.717) is 35.2 Å². The third kappa shape index (κ3) is 3.39. The van der Waals surface area contributed by atoms with Crippen molar-refractivity contribution < 1.29 is 24.9 Å². The van der Waals surface area contributed by atoms with Gasteiger partial charge in [-0.15, -0.1) is 0 Å². The lowest BCUT2D eigenvalue weighted by Crippen LogP contribution is -2.49. The van der Waals surface area contributed by atoms with E-state index in [-0.39, 0.29) is 25.0 Å². The number of benzene rings is 1. The minimum Gasteiger partial charge on any atom is -0.505 e. The van der Waals surface area contributed by atoms with Crippen LogP contribution in [-0.2, 0) is 28.9 Å². The number of rotatable bonds is 5. The van der Waals surface area contributed by atoms with Gasteiger partial charge in [0.05, 0.1) is 20.3 Å². The molecule has 0 radical (unpaired) electrons. The normalized spacial score (nSPS) is 21.6. The first-order valence-electron chi connectivity index (χ1n) is 11.5. The number of esters is 1. The van der Waals surface area contributed by atoms with Gasteiger partial charge in [-0.2, -0.15) is 0 Å². The molecule has 3 N–H and O–H groups in total. The minimum absolute atomic E-state index is 0.0347. The third-order valence-corrected chi connectivity index (χ3v) is 9.85. The maximum atomic E-state index is 12.3. The summed E-state index contributed by atoms with van der Waals surface area (Å²) in [6, 6.07) is 7.29. The van der Waals surface area contributed by atoms with Crippen LogP contribution in [0.3, 0.4) is 0 Å². The Morgan fingerprint density at radius 1 is 1.30 bits per heavy atom. The molecule has 8 heteroatoms. The first-order valence-corrected chi connectivity index (χ1v) is 14.9. The smallest absolute Gasteiger partial charge is 0.342 e. The number of carbonyl (C=O) groups is 1. The molecule has 174 valence electrons. The number of hydrogen-bond donors (Lipinski definition) is 3. The van der Waals surface area contributed by atoms with Crippen LogP contribution in [0.15, 0.2) is 29.3 Å². The van der Waals surface area contributed by atoms with E-state index in [1.807, 2.05) is 10.6 Å². The van der Waals surface area contributed by atoms with Gasteiger partial charge in [0, 0.05) is 18.2 Å². The summed E-state index contributed by atoms with van der Waals surface area (Å²) < 4.78 is 7.25. The van der Waals surface area contributed by atoms with Crippen molar-refractivity contribution in [1.82, 2.24) is 9.55 Å². The number of ether oxygens (including phenoxy) is 1. The second-order valence-corrected chi connectivity index (χ2v) is 15.2. The number of hydrogen-bond acceptors (Lipinski definition) is 6. The topological polar surface area (TPSA) is 105 Å². The summed E-state index contributed by atoms with van der Waals surface area (Å²) >= 11 is 0. The van der Waals surface area contributed by atoms with Crippen molar-refractivity contribution in [2.24, 2.45) is 0 Å². The zero-order chi connectivity index (χ0) is 23.5. The molecule has 0 bridgehead atoms. The SMILES string of the molecule is CC[C@@]1(O)C(=O)OCC2=C1Cc1nc3n(c1=C2O)Cc1c(cccc1CC[Si](C)(C)CO)C=3. The Labute approximate surface area is 193 Å². The van der Waals surface area contributed by atoms with Crippen molar-refractivity contribution in [1.29, 1.82) is 0 Å². The van der Waals surface area contributed by atoms with E-state index in [2.05, 4.69) is 31.3 Å². The molecule has 0 unspecified atom stereocenters. The molecule has 7 nitrogen and oxygen atoms in total. The van der Waals surface area contributed by atoms with Crippen LogP contribution < -0.4 is 10.8 Å². The predicted octanol–water partition coefficient (Wildman–Crippen LogP) is 1.07. The van der Waals surface area contributed by atoms with Crippen molar-refractivity contribution in [3.8, 4) is 0 Å². The highest BCUT2D eigenvalue weighted by molar-refractivity contribution is 6.77. The Morgan fingerprint density at radius 2 is 2.09 bits per heavy atom. The van der Waals surface area contributed by atoms with Gasteiger partial charge in [-0.3, -0.25) is 0 Å². The van der Waals surface area contributed by atoms with Gasteiger partial charge in [0.15, 0.2) is 5.60 Å². The van der Waals surface area contributed by atoms with Crippen LogP contribution in [0.5, 0.6) is 0 Å². The van der Waals surface area contributed by atoms with Crippen molar-refractivity contribution in [3.63, 3.8) is 0 Å². The second-order valence-electron chi connectivity index (χ2n) is 10.1. The molecule has 1 aromatic heterocycles. The maximum Gasteiger partial charge on any atom is 0.342 e. The van der Waals surface area contributed by atoms with E-state index in [4.69, 9.17) is 9.72 Å². The van der Waals surface area contributed by atoms with Gasteiger partial charge in [-0.1, -0.05) is 44.3 Å². The molecular formula is C25H30N2O5Si. The summed E-state index contributed by atoms with van der Waals surface area (Å²) in [4.78, 5) is 17.1. The summed E-state index contributed by atoms with van der Waals surface area (Å²) in [5.74, 6) is -0.630. The van der Waals surface area contributed by atoms with Crippen molar-refractivity contribution in [2.75, 3.05) is 12.8 Å². The van der Waals surface area contributed by atoms with E-state index >= 15 is 0 Å². The van der Waals surface area contributed by atoms with Crippen LogP contribution >= 0.6 is 0 Å². The lowest BCUT2D eigenvalue weighted by Gasteiger charge is -2.35. The molecule has 33 heavy (non-hydrogen) atoms. The lowest BCUT2D eigenvalue weighted by atomic mass is 9.80. The Balaban J connectivity index is 1.60. The van der Waals surface area contributed by atoms with Gasteiger partial charge >= 0.3 is 5.97 Å². The number of nitrogens with zero attached hydrogens (tertiary/aromatic N) is 2. The average Bonchev–Trinajstić information content (AvgIpc) is 3.16. The van der Waals surface area contributed by atoms with E-state index in [0.717, 1.165) is 23.5 Å². The molecule has 5 rings (SSSR count). The molecule has 3 aliphatic rings. The fraction of sp³-hybridized carbons (Fsp3) is 0.440. The molecule has 1 aliphatic carbocycles. The first kappa shape index (κ1) is 22.1. The van der Waals surface area contributed by atoms with Crippen LogP contribution in [0.1, 0.15) is 35.7 Å². The van der Waals surface area contributed by atoms with Crippen LogP contribution in [0, 0.1) is 0 Å². The molecule has 1 aromatic carbocycles. The highest BCUT2D eigenvalue weighted by atomic mass is 28.3. The number of aliphatic hydroxyl groups is 3. The minimum atomic E-state index is -1.73. The zero-order valence-corrected chi connectivity index (χ0v) is 20.3. The standard InChI is InChI=1S/C25H30N2O5Si/c1-4-25(31)19-11-20-22(23(29)18(19)13-32-24(25)30)27-12-17-15(8-9-33(2,3)14-28)6-5-7-16(17)10-21(27)26-20/h5-7,10,28-29,31H,4,8-9,11-14H2,1-3H3/t25-/m0/s1. The summed E-state index contributed by atoms with van der Waals surface area (Å²) in [5.41, 5.74) is 4.27. The molecular weight excluding hydrogens is 436 g/mol. The molecule has 0 amide bonds. The number of aliphatic hydroxyl groups excluding tert-OH is 2. The largest absolute Gasteiger partial charge is 0.505 e. The van der Waals surface area contributed by atoms with Crippen LogP contribution in [0.2, 0.25) is 19.1 Å². The zero-order valence-electron chi connectivity index (χ0n) is 19.3. The van der Waals surface area contributed by atoms with E-state index in [1.165, 1.54) is 11.1 Å². The number of imidazole rings is 1. The number of aryl methyl sites for hydroxylation is 1. The third-order valence-electron chi connectivity index (χ3n) is 7.39. The summed E-state index contributed by atoms with van der Waals surface area (Å²) in [7, 11) is -1.63. The molecule has 1 atom stereocenters. The summed E-state index contributed by atoms with van der Waals surface area (Å²) in [5, 5.41) is 32.6. The molecule has 2 aromatic rings. The van der Waals surface area contributed by atoms with Crippen LogP contribution in [0.25, 0.3) is 11.8 Å². The van der Waals surface area contributed by atoms with E-state index < -0.39 is 19.6 Å². The quantitative estimate of drug-likeness (QED) is 0.384. The average molecular weight is 467 g/mol. The Morgan fingerprint density at radius 3 is 2.82 bits per heavy atom. The van der Waals surface area contributed by atoms with Crippen molar-refractivity contribution in [2.45, 2.75) is 57.5 Å². The number of aromatic nitrogens is 2. The summed E-state index contributed by atoms with van der Waals surface area (Å²) in [6.07, 6.45) is 3.71. The Kier molecular flexibility index (Phi) is 5.15. The molecule has 0 spiro atoms. The van der Waals surface area contributed by atoms with E-state index in [9.17, 15) is 20.1 Å². The monoisotopic (exact) mass is 466 g/mol. The Hall–Kier alpha value is -2.68. The van der Waals surface area contributed by atoms with Gasteiger partial charge in [0.2, 0.25) is 0 Å². The van der Waals surface area contributed by atoms with Crippen molar-refractivity contribution >= 4 is 25.9 Å². The fourth-order valence-electron chi connectivity index (χ4n) is 5.10. The van der Waals surface area contributed by atoms with Gasteiger partial charge in [-0.05, 0) is 41.2 Å². The van der Waals surface area contributed by atoms with Gasteiger partial charge < -0.3 is 24.6 Å². The molecule has 2 aliphatic heterocycles. The highest BCUT2D eigenvalue weighted by Crippen LogP contribution is 2.36. The predicted molar refractivity (Wildman–Crippen MR) is 127 cm³/mol. The molecule has 0 fully saturated rings. The van der Waals surface area contributed by atoms with Crippen molar-refractivity contribution in [3.05, 3.63) is 62.6 Å². The Bertz CT molecular complexity index is 1320. The fourth-order valence-corrected chi connectivity index (χ4v) is 6.20. The molecule has 0 saturated heterocycles. The van der Waals surface area contributed by atoms with Gasteiger partial charge in [0.25, 0.3) is 0 Å². The second kappa shape index (κ2) is 7.68. The molecule has 3 heterocycles. The lowest BCUT2D eigenvalue weighted by molar-refractivity contribution is -0.163. The number of cyclic esters (lactones) is 1. The van der Waals surface area contributed by atoms with Crippen LogP contribution in [0.4, 0.5) is 0 Å².